The summed E-state index contributed by atoms with van der Waals surface area (Å²) >= 11 is 0. The number of amides is 4. The molecule has 2 atom stereocenters. The maximum atomic E-state index is 14.7. The van der Waals surface area contributed by atoms with Crippen LogP contribution in [0.2, 0.25) is 0 Å². The lowest BCUT2D eigenvalue weighted by molar-refractivity contribution is -0.132. The van der Waals surface area contributed by atoms with Gasteiger partial charge in [-0.1, -0.05) is 19.3 Å². The molecule has 2 N–H and O–H groups in total. The molecule has 4 rings (SSSR count). The van der Waals surface area contributed by atoms with Gasteiger partial charge in [0.2, 0.25) is 5.91 Å². The molecule has 8 nitrogen and oxygen atoms in total. The van der Waals surface area contributed by atoms with E-state index in [1.165, 1.54) is 6.07 Å². The quantitative estimate of drug-likeness (QED) is 0.679. The topological polar surface area (TPSA) is 91.0 Å². The zero-order chi connectivity index (χ0) is 22.9. The average molecular weight is 447 g/mol. The van der Waals surface area contributed by atoms with Gasteiger partial charge in [0.05, 0.1) is 17.9 Å². The second-order valence-electron chi connectivity index (χ2n) is 9.16. The number of urea groups is 1. The van der Waals surface area contributed by atoms with Gasteiger partial charge in [-0.25, -0.2) is 9.18 Å². The molecule has 3 aliphatic rings. The van der Waals surface area contributed by atoms with Crippen molar-refractivity contribution in [2.75, 3.05) is 29.9 Å². The van der Waals surface area contributed by atoms with E-state index >= 15 is 0 Å². The van der Waals surface area contributed by atoms with E-state index in [4.69, 9.17) is 4.74 Å². The van der Waals surface area contributed by atoms with Crippen LogP contribution in [0.3, 0.4) is 0 Å². The number of hydrogen-bond donors (Lipinski definition) is 2. The first kappa shape index (κ1) is 22.5. The summed E-state index contributed by atoms with van der Waals surface area (Å²) in [6.07, 6.45) is 4.14. The van der Waals surface area contributed by atoms with E-state index < -0.39 is 17.4 Å². The van der Waals surface area contributed by atoms with Gasteiger partial charge in [-0.15, -0.1) is 0 Å². The van der Waals surface area contributed by atoms with Crippen molar-refractivity contribution >= 4 is 29.2 Å². The normalized spacial score (nSPS) is 25.2. The fourth-order valence-corrected chi connectivity index (χ4v) is 5.03. The van der Waals surface area contributed by atoms with Gasteiger partial charge in [0.25, 0.3) is 5.91 Å². The third-order valence-corrected chi connectivity index (χ3v) is 6.51. The molecule has 2 saturated heterocycles. The van der Waals surface area contributed by atoms with E-state index in [0.717, 1.165) is 24.2 Å². The molecule has 3 fully saturated rings. The number of anilines is 2. The first-order valence-corrected chi connectivity index (χ1v) is 11.4. The lowest BCUT2D eigenvalue weighted by Crippen LogP contribution is -2.48. The number of imide groups is 1. The summed E-state index contributed by atoms with van der Waals surface area (Å²) < 4.78 is 20.4. The van der Waals surface area contributed by atoms with Crippen molar-refractivity contribution in [1.82, 2.24) is 10.2 Å². The summed E-state index contributed by atoms with van der Waals surface area (Å²) in [5.74, 6) is -1.03. The van der Waals surface area contributed by atoms with E-state index in [9.17, 15) is 18.8 Å². The largest absolute Gasteiger partial charge is 0.372 e. The standard InChI is InChI=1S/C23H31FN4O4/c1-15-13-27(14-16(2)32-15)19-7-6-17(12-18(19)24)25-20(29)8-11-28-21(30)23(26-22(28)31)9-4-3-5-10-23/h6-7,12,15-16H,3-5,8-11,13-14H2,1-2H3,(H,25,29)(H,26,31). The number of benzene rings is 1. The number of halogens is 1. The minimum absolute atomic E-state index is 0.00235. The highest BCUT2D eigenvalue weighted by Crippen LogP contribution is 2.33. The van der Waals surface area contributed by atoms with Crippen molar-refractivity contribution in [3.05, 3.63) is 24.0 Å². The highest BCUT2D eigenvalue weighted by molar-refractivity contribution is 6.07. The highest BCUT2D eigenvalue weighted by atomic mass is 19.1. The Morgan fingerprint density at radius 1 is 1.19 bits per heavy atom. The number of carbonyl (C=O) groups excluding carboxylic acids is 3. The van der Waals surface area contributed by atoms with Gasteiger partial charge in [-0.05, 0) is 44.9 Å². The van der Waals surface area contributed by atoms with Gasteiger partial charge in [-0.3, -0.25) is 14.5 Å². The van der Waals surface area contributed by atoms with Gasteiger partial charge >= 0.3 is 6.03 Å². The number of hydrogen-bond acceptors (Lipinski definition) is 5. The zero-order valence-electron chi connectivity index (χ0n) is 18.7. The Morgan fingerprint density at radius 2 is 1.88 bits per heavy atom. The van der Waals surface area contributed by atoms with E-state index in [2.05, 4.69) is 10.6 Å². The van der Waals surface area contributed by atoms with Crippen molar-refractivity contribution in [2.24, 2.45) is 0 Å². The average Bonchev–Trinajstić information content (AvgIpc) is 2.95. The number of nitrogens with one attached hydrogen (secondary N) is 2. The second-order valence-corrected chi connectivity index (χ2v) is 9.16. The molecule has 4 amide bonds. The number of ether oxygens (including phenoxy) is 1. The van der Waals surface area contributed by atoms with Gasteiger partial charge in [0, 0.05) is 31.7 Å². The molecule has 9 heteroatoms. The lowest BCUT2D eigenvalue weighted by Gasteiger charge is -2.37. The summed E-state index contributed by atoms with van der Waals surface area (Å²) in [5, 5.41) is 5.50. The van der Waals surface area contributed by atoms with Gasteiger partial charge in [-0.2, -0.15) is 0 Å². The first-order chi connectivity index (χ1) is 15.3. The fourth-order valence-electron chi connectivity index (χ4n) is 5.03. The molecule has 1 saturated carbocycles. The molecule has 1 spiro atoms. The first-order valence-electron chi connectivity index (χ1n) is 11.4. The molecule has 2 unspecified atom stereocenters. The molecule has 2 aliphatic heterocycles. The van der Waals surface area contributed by atoms with Gasteiger partial charge in [0.15, 0.2) is 0 Å². The molecular formula is C23H31FN4O4. The minimum atomic E-state index is -0.792. The predicted octanol–water partition coefficient (Wildman–Crippen LogP) is 3.02. The van der Waals surface area contributed by atoms with Crippen molar-refractivity contribution in [3.8, 4) is 0 Å². The van der Waals surface area contributed by atoms with Crippen molar-refractivity contribution in [2.45, 2.75) is 70.1 Å². The Balaban J connectivity index is 1.33. The molecule has 1 aliphatic carbocycles. The number of carbonyl (C=O) groups is 3. The molecule has 2 heterocycles. The van der Waals surface area contributed by atoms with Crippen molar-refractivity contribution in [3.63, 3.8) is 0 Å². The van der Waals surface area contributed by atoms with Crippen LogP contribution < -0.4 is 15.5 Å². The van der Waals surface area contributed by atoms with Crippen LogP contribution in [-0.2, 0) is 14.3 Å². The maximum absolute atomic E-state index is 14.7. The minimum Gasteiger partial charge on any atom is -0.372 e. The Labute approximate surface area is 187 Å². The Morgan fingerprint density at radius 3 is 2.53 bits per heavy atom. The molecule has 0 aromatic heterocycles. The Bertz CT molecular complexity index is 892. The lowest BCUT2D eigenvalue weighted by atomic mass is 9.82. The summed E-state index contributed by atoms with van der Waals surface area (Å²) in [7, 11) is 0. The van der Waals surface area contributed by atoms with Crippen LogP contribution in [0.25, 0.3) is 0 Å². The molecule has 32 heavy (non-hydrogen) atoms. The number of morpholine rings is 1. The summed E-state index contributed by atoms with van der Waals surface area (Å²) in [6, 6.07) is 4.17. The van der Waals surface area contributed by atoms with Crippen LogP contribution >= 0.6 is 0 Å². The van der Waals surface area contributed by atoms with Crippen LogP contribution in [-0.4, -0.2) is 60.1 Å². The SMILES string of the molecule is CC1CN(c2ccc(NC(=O)CCN3C(=O)NC4(CCCCC4)C3=O)cc2F)CC(C)O1. The van der Waals surface area contributed by atoms with E-state index in [1.54, 1.807) is 12.1 Å². The summed E-state index contributed by atoms with van der Waals surface area (Å²) in [5.41, 5.74) is 0.0212. The maximum Gasteiger partial charge on any atom is 0.325 e. The molecule has 0 radical (unpaired) electrons. The predicted molar refractivity (Wildman–Crippen MR) is 118 cm³/mol. The Kier molecular flexibility index (Phi) is 6.37. The van der Waals surface area contributed by atoms with Crippen molar-refractivity contribution in [1.29, 1.82) is 0 Å². The summed E-state index contributed by atoms with van der Waals surface area (Å²) in [6.45, 7) is 5.11. The van der Waals surface area contributed by atoms with Crippen LogP contribution in [0.5, 0.6) is 0 Å². The third-order valence-electron chi connectivity index (χ3n) is 6.51. The van der Waals surface area contributed by atoms with Crippen LogP contribution in [0.15, 0.2) is 18.2 Å². The number of nitrogens with zero attached hydrogens (tertiary/aromatic N) is 2. The second kappa shape index (κ2) is 9.05. The van der Waals surface area contributed by atoms with E-state index in [-0.39, 0.29) is 37.0 Å². The molecule has 174 valence electrons. The fraction of sp³-hybridized carbons (Fsp3) is 0.609. The molecule has 1 aromatic rings. The molecular weight excluding hydrogens is 415 g/mol. The Hall–Kier alpha value is -2.68. The highest BCUT2D eigenvalue weighted by Gasteiger charge is 2.51. The van der Waals surface area contributed by atoms with Crippen LogP contribution in [0, 0.1) is 5.82 Å². The van der Waals surface area contributed by atoms with Crippen LogP contribution in [0.1, 0.15) is 52.4 Å². The van der Waals surface area contributed by atoms with Crippen LogP contribution in [0.4, 0.5) is 20.6 Å². The number of rotatable bonds is 5. The third kappa shape index (κ3) is 4.57. The zero-order valence-corrected chi connectivity index (χ0v) is 18.7. The smallest absolute Gasteiger partial charge is 0.325 e. The van der Waals surface area contributed by atoms with Crippen molar-refractivity contribution < 1.29 is 23.5 Å². The van der Waals surface area contributed by atoms with Gasteiger partial charge in [0.1, 0.15) is 11.4 Å². The van der Waals surface area contributed by atoms with E-state index in [0.29, 0.717) is 37.3 Å². The molecule has 1 aromatic carbocycles. The van der Waals surface area contributed by atoms with Gasteiger partial charge < -0.3 is 20.3 Å². The summed E-state index contributed by atoms with van der Waals surface area (Å²) in [4.78, 5) is 40.6. The van der Waals surface area contributed by atoms with E-state index in [1.807, 2.05) is 18.7 Å². The monoisotopic (exact) mass is 446 g/mol. The molecule has 0 bridgehead atoms.